The van der Waals surface area contributed by atoms with Gasteiger partial charge >= 0.3 is 0 Å². The number of nitrogens with zero attached hydrogens (tertiary/aromatic N) is 3. The van der Waals surface area contributed by atoms with Gasteiger partial charge in [-0.1, -0.05) is 17.7 Å². The van der Waals surface area contributed by atoms with Crippen molar-refractivity contribution in [2.75, 3.05) is 31.1 Å². The summed E-state index contributed by atoms with van der Waals surface area (Å²) in [6, 6.07) is 12.0. The molecule has 2 heterocycles. The molecule has 1 saturated heterocycles. The van der Waals surface area contributed by atoms with E-state index in [1.54, 1.807) is 0 Å². The summed E-state index contributed by atoms with van der Waals surface area (Å²) in [4.78, 5) is 24.7. The van der Waals surface area contributed by atoms with Gasteiger partial charge in [-0.05, 0) is 55.3 Å². The SMILES string of the molecule is Cc1cc2nc(CN3CCN(c4cccc(Cl)c4)CC3)c(=O)[nH]c2cc1C. The highest BCUT2D eigenvalue weighted by Gasteiger charge is 2.19. The summed E-state index contributed by atoms with van der Waals surface area (Å²) in [5, 5.41) is 0.757. The Hall–Kier alpha value is -2.37. The van der Waals surface area contributed by atoms with E-state index in [0.29, 0.717) is 12.2 Å². The molecule has 1 aliphatic heterocycles. The quantitative estimate of drug-likeness (QED) is 0.753. The number of aryl methyl sites for hydroxylation is 2. The van der Waals surface area contributed by atoms with Crippen LogP contribution in [0.5, 0.6) is 0 Å². The maximum absolute atomic E-state index is 12.5. The molecular formula is C21H23ClN4O. The first-order chi connectivity index (χ1) is 13.0. The number of hydrogen-bond acceptors (Lipinski definition) is 4. The normalized spacial score (nSPS) is 15.4. The fourth-order valence-electron chi connectivity index (χ4n) is 3.54. The van der Waals surface area contributed by atoms with Crippen LogP contribution in [0.15, 0.2) is 41.2 Å². The molecule has 0 saturated carbocycles. The number of fused-ring (bicyclic) bond motifs is 1. The zero-order chi connectivity index (χ0) is 19.0. The molecule has 6 heteroatoms. The van der Waals surface area contributed by atoms with E-state index in [9.17, 15) is 4.79 Å². The second kappa shape index (κ2) is 7.33. The number of H-pyrrole nitrogens is 1. The second-order valence-corrected chi connectivity index (χ2v) is 7.65. The molecule has 1 aromatic heterocycles. The van der Waals surface area contributed by atoms with Gasteiger partial charge in [0.25, 0.3) is 5.56 Å². The van der Waals surface area contributed by atoms with Crippen LogP contribution in [0.25, 0.3) is 11.0 Å². The van der Waals surface area contributed by atoms with Crippen molar-refractivity contribution in [1.29, 1.82) is 0 Å². The smallest absolute Gasteiger partial charge is 0.271 e. The first-order valence-electron chi connectivity index (χ1n) is 9.22. The lowest BCUT2D eigenvalue weighted by molar-refractivity contribution is 0.246. The first kappa shape index (κ1) is 18.0. The van der Waals surface area contributed by atoms with E-state index in [-0.39, 0.29) is 5.56 Å². The predicted molar refractivity (Wildman–Crippen MR) is 111 cm³/mol. The standard InChI is InChI=1S/C21H23ClN4O/c1-14-10-18-19(11-15(14)2)24-21(27)20(23-18)13-25-6-8-26(9-7-25)17-5-3-4-16(22)12-17/h3-5,10-12H,6-9,13H2,1-2H3,(H,24,27). The molecule has 0 atom stereocenters. The van der Waals surface area contributed by atoms with Crippen molar-refractivity contribution in [2.45, 2.75) is 20.4 Å². The van der Waals surface area contributed by atoms with Crippen molar-refractivity contribution in [3.63, 3.8) is 0 Å². The minimum Gasteiger partial charge on any atom is -0.369 e. The molecule has 3 aromatic rings. The molecule has 1 aliphatic rings. The largest absolute Gasteiger partial charge is 0.369 e. The third-order valence-corrected chi connectivity index (χ3v) is 5.53. The molecule has 140 valence electrons. The number of nitrogens with one attached hydrogen (secondary N) is 1. The average Bonchev–Trinajstić information content (AvgIpc) is 2.65. The molecule has 0 radical (unpaired) electrons. The highest BCUT2D eigenvalue weighted by molar-refractivity contribution is 6.30. The lowest BCUT2D eigenvalue weighted by Gasteiger charge is -2.35. The highest BCUT2D eigenvalue weighted by Crippen LogP contribution is 2.21. The van der Waals surface area contributed by atoms with Crippen LogP contribution in [-0.2, 0) is 6.54 Å². The maximum Gasteiger partial charge on any atom is 0.271 e. The van der Waals surface area contributed by atoms with E-state index in [2.05, 4.69) is 32.8 Å². The number of aromatic nitrogens is 2. The Balaban J connectivity index is 1.48. The van der Waals surface area contributed by atoms with Gasteiger partial charge in [0, 0.05) is 43.4 Å². The van der Waals surface area contributed by atoms with Crippen LogP contribution in [0, 0.1) is 13.8 Å². The molecule has 0 unspecified atom stereocenters. The number of halogens is 1. The molecule has 0 bridgehead atoms. The Morgan fingerprint density at radius 3 is 2.56 bits per heavy atom. The number of aromatic amines is 1. The van der Waals surface area contributed by atoms with Crippen LogP contribution in [0.1, 0.15) is 16.8 Å². The minimum atomic E-state index is -0.0944. The van der Waals surface area contributed by atoms with Crippen LogP contribution >= 0.6 is 11.6 Å². The third-order valence-electron chi connectivity index (χ3n) is 5.30. The van der Waals surface area contributed by atoms with Crippen molar-refractivity contribution in [3.8, 4) is 0 Å². The molecule has 27 heavy (non-hydrogen) atoms. The molecule has 4 rings (SSSR count). The molecule has 2 aromatic carbocycles. The molecule has 0 aliphatic carbocycles. The van der Waals surface area contributed by atoms with Gasteiger partial charge in [0.2, 0.25) is 0 Å². The van der Waals surface area contributed by atoms with Gasteiger partial charge in [-0.2, -0.15) is 0 Å². The molecule has 1 N–H and O–H groups in total. The molecule has 1 fully saturated rings. The summed E-state index contributed by atoms with van der Waals surface area (Å²) < 4.78 is 0. The van der Waals surface area contributed by atoms with Crippen molar-refractivity contribution in [2.24, 2.45) is 0 Å². The predicted octanol–water partition coefficient (Wildman–Crippen LogP) is 3.52. The number of piperazine rings is 1. The Morgan fingerprint density at radius 1 is 1.07 bits per heavy atom. The summed E-state index contributed by atoms with van der Waals surface area (Å²) in [5.74, 6) is 0. The number of rotatable bonds is 3. The Kier molecular flexibility index (Phi) is 4.89. The highest BCUT2D eigenvalue weighted by atomic mass is 35.5. The van der Waals surface area contributed by atoms with Gasteiger partial charge in [-0.15, -0.1) is 0 Å². The summed E-state index contributed by atoms with van der Waals surface area (Å²) >= 11 is 6.10. The van der Waals surface area contributed by atoms with E-state index < -0.39 is 0 Å². The monoisotopic (exact) mass is 382 g/mol. The lowest BCUT2D eigenvalue weighted by atomic mass is 10.1. The number of hydrogen-bond donors (Lipinski definition) is 1. The molecule has 5 nitrogen and oxygen atoms in total. The number of benzene rings is 2. The Labute approximate surface area is 163 Å². The third kappa shape index (κ3) is 3.84. The van der Waals surface area contributed by atoms with Crippen LogP contribution in [0.4, 0.5) is 5.69 Å². The van der Waals surface area contributed by atoms with Crippen molar-refractivity contribution >= 4 is 28.3 Å². The Morgan fingerprint density at radius 2 is 1.81 bits per heavy atom. The fourth-order valence-corrected chi connectivity index (χ4v) is 3.72. The van der Waals surface area contributed by atoms with Gasteiger partial charge in [0.1, 0.15) is 5.69 Å². The van der Waals surface area contributed by atoms with Crippen LogP contribution in [-0.4, -0.2) is 41.0 Å². The van der Waals surface area contributed by atoms with Gasteiger partial charge in [-0.25, -0.2) is 4.98 Å². The van der Waals surface area contributed by atoms with Crippen LogP contribution in [0.2, 0.25) is 5.02 Å². The van der Waals surface area contributed by atoms with Crippen molar-refractivity contribution in [3.05, 3.63) is 68.6 Å². The van der Waals surface area contributed by atoms with Crippen LogP contribution < -0.4 is 10.5 Å². The summed E-state index contributed by atoms with van der Waals surface area (Å²) in [7, 11) is 0. The van der Waals surface area contributed by atoms with E-state index in [0.717, 1.165) is 53.5 Å². The van der Waals surface area contributed by atoms with Crippen molar-refractivity contribution < 1.29 is 0 Å². The lowest BCUT2D eigenvalue weighted by Crippen LogP contribution is -2.46. The van der Waals surface area contributed by atoms with E-state index >= 15 is 0 Å². The minimum absolute atomic E-state index is 0.0944. The molecular weight excluding hydrogens is 360 g/mol. The van der Waals surface area contributed by atoms with E-state index in [4.69, 9.17) is 11.6 Å². The van der Waals surface area contributed by atoms with Gasteiger partial charge in [0.15, 0.2) is 0 Å². The van der Waals surface area contributed by atoms with E-state index in [1.165, 1.54) is 5.56 Å². The summed E-state index contributed by atoms with van der Waals surface area (Å²) in [5.41, 5.74) is 5.63. The number of anilines is 1. The summed E-state index contributed by atoms with van der Waals surface area (Å²) in [6.45, 7) is 8.27. The fraction of sp³-hybridized carbons (Fsp3) is 0.333. The zero-order valence-corrected chi connectivity index (χ0v) is 16.4. The maximum atomic E-state index is 12.5. The van der Waals surface area contributed by atoms with Crippen LogP contribution in [0.3, 0.4) is 0 Å². The van der Waals surface area contributed by atoms with E-state index in [1.807, 2.05) is 37.3 Å². The average molecular weight is 383 g/mol. The van der Waals surface area contributed by atoms with Crippen molar-refractivity contribution in [1.82, 2.24) is 14.9 Å². The summed E-state index contributed by atoms with van der Waals surface area (Å²) in [6.07, 6.45) is 0. The molecule has 0 amide bonds. The topological polar surface area (TPSA) is 52.2 Å². The zero-order valence-electron chi connectivity index (χ0n) is 15.6. The second-order valence-electron chi connectivity index (χ2n) is 7.21. The van der Waals surface area contributed by atoms with Gasteiger partial charge in [-0.3, -0.25) is 9.69 Å². The van der Waals surface area contributed by atoms with Gasteiger partial charge < -0.3 is 9.88 Å². The van der Waals surface area contributed by atoms with Gasteiger partial charge in [0.05, 0.1) is 11.0 Å². The Bertz CT molecular complexity index is 1040. The molecule has 0 spiro atoms. The first-order valence-corrected chi connectivity index (χ1v) is 9.60.